The second-order valence-electron chi connectivity index (χ2n) is 5.42. The highest BCUT2D eigenvalue weighted by molar-refractivity contribution is 5.47. The highest BCUT2D eigenvalue weighted by atomic mass is 15.0. The van der Waals surface area contributed by atoms with Crippen LogP contribution in [-0.2, 0) is 11.8 Å². The Morgan fingerprint density at radius 3 is 2.71 bits per heavy atom. The fourth-order valence-corrected chi connectivity index (χ4v) is 2.04. The van der Waals surface area contributed by atoms with Crippen LogP contribution in [0.25, 0.3) is 5.65 Å². The van der Waals surface area contributed by atoms with E-state index < -0.39 is 0 Å². The fraction of sp³-hybridized carbons (Fsp3) is 0.429. The minimum absolute atomic E-state index is 0.0356. The number of hydrogen-bond donors (Lipinski definition) is 0. The summed E-state index contributed by atoms with van der Waals surface area (Å²) in [5, 5.41) is 8.95. The summed E-state index contributed by atoms with van der Waals surface area (Å²) in [6, 6.07) is 6.32. The predicted molar refractivity (Wildman–Crippen MR) is 67.9 cm³/mol. The van der Waals surface area contributed by atoms with Crippen molar-refractivity contribution in [2.24, 2.45) is 0 Å². The van der Waals surface area contributed by atoms with E-state index in [-0.39, 0.29) is 5.41 Å². The van der Waals surface area contributed by atoms with Gasteiger partial charge >= 0.3 is 0 Å². The topological polar surface area (TPSA) is 41.1 Å². The van der Waals surface area contributed by atoms with Crippen molar-refractivity contribution in [2.75, 3.05) is 0 Å². The minimum atomic E-state index is -0.0356. The first kappa shape index (κ1) is 11.7. The SMILES string of the molecule is Cc1ccn2c(CC#N)c(C(C)(C)C)nc2c1. The van der Waals surface area contributed by atoms with Gasteiger partial charge in [-0.3, -0.25) is 0 Å². The monoisotopic (exact) mass is 227 g/mol. The maximum atomic E-state index is 8.95. The summed E-state index contributed by atoms with van der Waals surface area (Å²) in [5.41, 5.74) is 4.11. The molecule has 0 N–H and O–H groups in total. The molecule has 0 saturated heterocycles. The molecule has 2 aromatic rings. The molecule has 0 aromatic carbocycles. The van der Waals surface area contributed by atoms with Gasteiger partial charge in [-0.15, -0.1) is 0 Å². The van der Waals surface area contributed by atoms with Crippen LogP contribution in [0.5, 0.6) is 0 Å². The van der Waals surface area contributed by atoms with Crippen LogP contribution < -0.4 is 0 Å². The molecule has 0 bridgehead atoms. The Balaban J connectivity index is 2.75. The molecule has 2 rings (SSSR count). The molecule has 0 aliphatic carbocycles. The number of nitrogens with zero attached hydrogens (tertiary/aromatic N) is 3. The molecule has 0 unspecified atom stereocenters. The van der Waals surface area contributed by atoms with Crippen molar-refractivity contribution < 1.29 is 0 Å². The van der Waals surface area contributed by atoms with E-state index in [9.17, 15) is 0 Å². The molecular weight excluding hydrogens is 210 g/mol. The fourth-order valence-electron chi connectivity index (χ4n) is 2.04. The summed E-state index contributed by atoms with van der Waals surface area (Å²) in [6.45, 7) is 8.43. The maximum absolute atomic E-state index is 8.95. The van der Waals surface area contributed by atoms with Crippen molar-refractivity contribution in [2.45, 2.75) is 39.5 Å². The molecule has 0 fully saturated rings. The normalized spacial score (nSPS) is 11.7. The summed E-state index contributed by atoms with van der Waals surface area (Å²) < 4.78 is 2.02. The molecule has 3 nitrogen and oxygen atoms in total. The molecule has 88 valence electrons. The molecule has 0 aliphatic heterocycles. The van der Waals surface area contributed by atoms with Crippen LogP contribution in [-0.4, -0.2) is 9.38 Å². The zero-order chi connectivity index (χ0) is 12.6. The van der Waals surface area contributed by atoms with Gasteiger partial charge in [0.05, 0.1) is 23.9 Å². The zero-order valence-corrected chi connectivity index (χ0v) is 10.8. The molecule has 17 heavy (non-hydrogen) atoms. The zero-order valence-electron chi connectivity index (χ0n) is 10.8. The summed E-state index contributed by atoms with van der Waals surface area (Å²) in [6.07, 6.45) is 2.40. The van der Waals surface area contributed by atoms with Crippen molar-refractivity contribution in [1.29, 1.82) is 5.26 Å². The molecule has 0 aliphatic rings. The number of fused-ring (bicyclic) bond motifs is 1. The van der Waals surface area contributed by atoms with Crippen LogP contribution in [0.1, 0.15) is 37.7 Å². The molecule has 0 saturated carbocycles. The first-order valence-electron chi connectivity index (χ1n) is 5.78. The Morgan fingerprint density at radius 1 is 1.41 bits per heavy atom. The number of rotatable bonds is 1. The van der Waals surface area contributed by atoms with E-state index >= 15 is 0 Å². The smallest absolute Gasteiger partial charge is 0.137 e. The van der Waals surface area contributed by atoms with Crippen LogP contribution in [0.2, 0.25) is 0 Å². The molecule has 0 amide bonds. The van der Waals surface area contributed by atoms with Gasteiger partial charge in [0.25, 0.3) is 0 Å². The lowest BCUT2D eigenvalue weighted by atomic mass is 9.90. The standard InChI is InChI=1S/C14H17N3/c1-10-6-8-17-11(5-7-15)13(14(2,3)4)16-12(17)9-10/h6,8-9H,5H2,1-4H3. The quantitative estimate of drug-likeness (QED) is 0.751. The molecule has 0 atom stereocenters. The highest BCUT2D eigenvalue weighted by Crippen LogP contribution is 2.26. The minimum Gasteiger partial charge on any atom is -0.303 e. The lowest BCUT2D eigenvalue weighted by Gasteiger charge is -2.16. The van der Waals surface area contributed by atoms with E-state index in [0.717, 1.165) is 17.0 Å². The number of pyridine rings is 1. The Bertz CT molecular complexity index is 594. The average Bonchev–Trinajstić information content (AvgIpc) is 2.56. The first-order valence-corrected chi connectivity index (χ1v) is 5.78. The summed E-state index contributed by atoms with van der Waals surface area (Å²) in [5.74, 6) is 0. The van der Waals surface area contributed by atoms with Crippen molar-refractivity contribution >= 4 is 5.65 Å². The third-order valence-electron chi connectivity index (χ3n) is 2.84. The molecule has 3 heteroatoms. The van der Waals surface area contributed by atoms with Gasteiger partial charge in [0.1, 0.15) is 5.65 Å². The van der Waals surface area contributed by atoms with Crippen LogP contribution in [0.15, 0.2) is 18.3 Å². The number of aromatic nitrogens is 2. The van der Waals surface area contributed by atoms with E-state index in [1.165, 1.54) is 5.56 Å². The Kier molecular flexibility index (Phi) is 2.66. The van der Waals surface area contributed by atoms with Crippen LogP contribution in [0.3, 0.4) is 0 Å². The Morgan fingerprint density at radius 2 is 2.12 bits per heavy atom. The number of aryl methyl sites for hydroxylation is 1. The molecule has 2 heterocycles. The van der Waals surface area contributed by atoms with Crippen LogP contribution in [0.4, 0.5) is 0 Å². The summed E-state index contributed by atoms with van der Waals surface area (Å²) in [7, 11) is 0. The Hall–Kier alpha value is -1.82. The summed E-state index contributed by atoms with van der Waals surface area (Å²) in [4.78, 5) is 4.68. The van der Waals surface area contributed by atoms with Crippen molar-refractivity contribution in [1.82, 2.24) is 9.38 Å². The molecular formula is C14H17N3. The van der Waals surface area contributed by atoms with Gasteiger partial charge in [0, 0.05) is 11.6 Å². The Labute approximate surface area is 102 Å². The van der Waals surface area contributed by atoms with Gasteiger partial charge in [0.15, 0.2) is 0 Å². The average molecular weight is 227 g/mol. The van der Waals surface area contributed by atoms with Gasteiger partial charge in [-0.1, -0.05) is 20.8 Å². The van der Waals surface area contributed by atoms with Gasteiger partial charge in [-0.2, -0.15) is 5.26 Å². The molecule has 0 radical (unpaired) electrons. The van der Waals surface area contributed by atoms with Crippen molar-refractivity contribution in [3.05, 3.63) is 35.3 Å². The maximum Gasteiger partial charge on any atom is 0.137 e. The van der Waals surface area contributed by atoms with Crippen molar-refractivity contribution in [3.63, 3.8) is 0 Å². The first-order chi connectivity index (χ1) is 7.93. The molecule has 2 aromatic heterocycles. The highest BCUT2D eigenvalue weighted by Gasteiger charge is 2.23. The predicted octanol–water partition coefficient (Wildman–Crippen LogP) is 3.01. The lowest BCUT2D eigenvalue weighted by Crippen LogP contribution is -2.14. The van der Waals surface area contributed by atoms with Gasteiger partial charge < -0.3 is 4.40 Å². The number of nitriles is 1. The number of imidazole rings is 1. The largest absolute Gasteiger partial charge is 0.303 e. The van der Waals surface area contributed by atoms with Crippen LogP contribution >= 0.6 is 0 Å². The second kappa shape index (κ2) is 3.89. The van der Waals surface area contributed by atoms with Crippen molar-refractivity contribution in [3.8, 4) is 6.07 Å². The number of hydrogen-bond acceptors (Lipinski definition) is 2. The van der Waals surface area contributed by atoms with Gasteiger partial charge in [-0.25, -0.2) is 4.98 Å². The van der Waals surface area contributed by atoms with Gasteiger partial charge in [-0.05, 0) is 24.6 Å². The third kappa shape index (κ3) is 2.03. The van der Waals surface area contributed by atoms with E-state index in [0.29, 0.717) is 6.42 Å². The van der Waals surface area contributed by atoms with E-state index in [1.54, 1.807) is 0 Å². The van der Waals surface area contributed by atoms with Gasteiger partial charge in [0.2, 0.25) is 0 Å². The second-order valence-corrected chi connectivity index (χ2v) is 5.42. The molecule has 0 spiro atoms. The lowest BCUT2D eigenvalue weighted by molar-refractivity contribution is 0.566. The van der Waals surface area contributed by atoms with E-state index in [4.69, 9.17) is 5.26 Å². The third-order valence-corrected chi connectivity index (χ3v) is 2.84. The van der Waals surface area contributed by atoms with E-state index in [2.05, 4.69) is 44.8 Å². The van der Waals surface area contributed by atoms with Crippen LogP contribution in [0, 0.1) is 18.3 Å². The summed E-state index contributed by atoms with van der Waals surface area (Å²) >= 11 is 0. The van der Waals surface area contributed by atoms with E-state index in [1.807, 2.05) is 16.7 Å².